The summed E-state index contributed by atoms with van der Waals surface area (Å²) in [6.45, 7) is 5.43. The predicted molar refractivity (Wildman–Crippen MR) is 103 cm³/mol. The molecule has 1 unspecified atom stereocenters. The molecule has 1 N–H and O–H groups in total. The molecule has 0 aromatic heterocycles. The predicted octanol–water partition coefficient (Wildman–Crippen LogP) is 5.46. The normalized spacial score (nSPS) is 16.4. The van der Waals surface area contributed by atoms with Gasteiger partial charge in [-0.25, -0.2) is 0 Å². The van der Waals surface area contributed by atoms with E-state index in [1.54, 1.807) is 0 Å². The molecule has 3 rings (SSSR count). The Morgan fingerprint density at radius 3 is 2.17 bits per heavy atom. The summed E-state index contributed by atoms with van der Waals surface area (Å²) in [6.07, 6.45) is 4.80. The second-order valence-corrected chi connectivity index (χ2v) is 6.95. The second kappa shape index (κ2) is 8.14. The third kappa shape index (κ3) is 4.25. The molecular weight excluding hydrogens is 292 g/mol. The van der Waals surface area contributed by atoms with Crippen LogP contribution in [-0.2, 0) is 0 Å². The van der Waals surface area contributed by atoms with Gasteiger partial charge in [0.2, 0.25) is 0 Å². The van der Waals surface area contributed by atoms with Crippen molar-refractivity contribution in [1.29, 1.82) is 0 Å². The average molecular weight is 320 g/mol. The van der Waals surface area contributed by atoms with Gasteiger partial charge in [0.05, 0.1) is 11.9 Å². The zero-order chi connectivity index (χ0) is 16.8. The van der Waals surface area contributed by atoms with Gasteiger partial charge < -0.3 is 5.32 Å². The standard InChI is InChI=1S/C22H28N2/c1-17(2)18-12-14-20(15-13-18)22(19-9-5-3-6-10-19)24-21-11-7-4-8-16-23-21/h3,5-6,9-10,12-15,17,22H,4,7-8,11,16H2,1-2H3,(H,23,24). The van der Waals surface area contributed by atoms with Crippen molar-refractivity contribution in [3.05, 3.63) is 71.3 Å². The minimum Gasteiger partial charge on any atom is -0.363 e. The molecule has 1 aliphatic rings. The van der Waals surface area contributed by atoms with Crippen molar-refractivity contribution in [3.63, 3.8) is 0 Å². The second-order valence-electron chi connectivity index (χ2n) is 6.95. The molecule has 126 valence electrons. The maximum absolute atomic E-state index is 4.77. The van der Waals surface area contributed by atoms with Crippen molar-refractivity contribution in [1.82, 2.24) is 5.32 Å². The van der Waals surface area contributed by atoms with Crippen molar-refractivity contribution in [2.75, 3.05) is 6.54 Å². The summed E-state index contributed by atoms with van der Waals surface area (Å²) in [5.74, 6) is 1.72. The Bertz CT molecular complexity index is 656. The van der Waals surface area contributed by atoms with Crippen LogP contribution in [0.1, 0.15) is 68.2 Å². The van der Waals surface area contributed by atoms with Gasteiger partial charge in [-0.1, -0.05) is 74.9 Å². The first-order chi connectivity index (χ1) is 11.7. The summed E-state index contributed by atoms with van der Waals surface area (Å²) >= 11 is 0. The molecule has 0 radical (unpaired) electrons. The molecule has 0 saturated heterocycles. The van der Waals surface area contributed by atoms with Gasteiger partial charge in [0.25, 0.3) is 0 Å². The lowest BCUT2D eigenvalue weighted by atomic mass is 9.95. The minimum absolute atomic E-state index is 0.171. The molecular formula is C22H28N2. The van der Waals surface area contributed by atoms with E-state index in [2.05, 4.69) is 73.8 Å². The molecule has 0 aliphatic carbocycles. The van der Waals surface area contributed by atoms with Gasteiger partial charge in [0.1, 0.15) is 0 Å². The summed E-state index contributed by atoms with van der Waals surface area (Å²) < 4.78 is 0. The number of hydrogen-bond donors (Lipinski definition) is 1. The van der Waals surface area contributed by atoms with Gasteiger partial charge in [-0.15, -0.1) is 0 Å². The molecule has 0 bridgehead atoms. The lowest BCUT2D eigenvalue weighted by molar-refractivity contribution is 0.716. The molecule has 0 saturated carbocycles. The van der Waals surface area contributed by atoms with Crippen molar-refractivity contribution < 1.29 is 0 Å². The van der Waals surface area contributed by atoms with E-state index in [1.165, 1.54) is 36.0 Å². The van der Waals surface area contributed by atoms with Gasteiger partial charge >= 0.3 is 0 Å². The van der Waals surface area contributed by atoms with Crippen LogP contribution in [-0.4, -0.2) is 12.4 Å². The van der Waals surface area contributed by atoms with Crippen LogP contribution < -0.4 is 5.32 Å². The van der Waals surface area contributed by atoms with E-state index in [4.69, 9.17) is 4.99 Å². The largest absolute Gasteiger partial charge is 0.363 e. The summed E-state index contributed by atoms with van der Waals surface area (Å²) in [5.41, 5.74) is 3.98. The first-order valence-electron chi connectivity index (χ1n) is 9.18. The first-order valence-corrected chi connectivity index (χ1v) is 9.18. The number of rotatable bonds is 4. The highest BCUT2D eigenvalue weighted by Gasteiger charge is 2.16. The SMILES string of the molecule is CC(C)c1ccc(C(NC2=NCCCCC2)c2ccccc2)cc1. The quantitative estimate of drug-likeness (QED) is 0.794. The molecule has 0 fully saturated rings. The van der Waals surface area contributed by atoms with E-state index in [-0.39, 0.29) is 6.04 Å². The van der Waals surface area contributed by atoms with Gasteiger partial charge in [-0.3, -0.25) is 4.99 Å². The fourth-order valence-corrected chi connectivity index (χ4v) is 3.24. The summed E-state index contributed by atoms with van der Waals surface area (Å²) in [5, 5.41) is 3.73. The number of aliphatic imine (C=N–C) groups is 1. The van der Waals surface area contributed by atoms with Gasteiger partial charge in [0, 0.05) is 13.0 Å². The maximum Gasteiger partial charge on any atom is 0.0970 e. The molecule has 2 aromatic carbocycles. The van der Waals surface area contributed by atoms with Crippen LogP contribution >= 0.6 is 0 Å². The minimum atomic E-state index is 0.171. The Labute approximate surface area is 146 Å². The molecule has 0 amide bonds. The molecule has 2 aromatic rings. The van der Waals surface area contributed by atoms with Crippen LogP contribution in [0.5, 0.6) is 0 Å². The van der Waals surface area contributed by atoms with Crippen LogP contribution in [0.25, 0.3) is 0 Å². The molecule has 1 heterocycles. The van der Waals surface area contributed by atoms with Gasteiger partial charge in [-0.05, 0) is 35.4 Å². The summed E-state index contributed by atoms with van der Waals surface area (Å²) in [6, 6.07) is 19.9. The Kier molecular flexibility index (Phi) is 5.68. The van der Waals surface area contributed by atoms with Crippen LogP contribution in [0.3, 0.4) is 0 Å². The highest BCUT2D eigenvalue weighted by Crippen LogP contribution is 2.25. The van der Waals surface area contributed by atoms with E-state index in [0.29, 0.717) is 5.92 Å². The fourth-order valence-electron chi connectivity index (χ4n) is 3.24. The van der Waals surface area contributed by atoms with Gasteiger partial charge in [0.15, 0.2) is 0 Å². The third-order valence-electron chi connectivity index (χ3n) is 4.75. The van der Waals surface area contributed by atoms with Crippen molar-refractivity contribution in [3.8, 4) is 0 Å². The number of amidine groups is 1. The molecule has 24 heavy (non-hydrogen) atoms. The van der Waals surface area contributed by atoms with Crippen LogP contribution in [0.15, 0.2) is 59.6 Å². The Morgan fingerprint density at radius 1 is 0.792 bits per heavy atom. The fraction of sp³-hybridized carbons (Fsp3) is 0.409. The van der Waals surface area contributed by atoms with E-state index in [9.17, 15) is 0 Å². The molecule has 1 aliphatic heterocycles. The van der Waals surface area contributed by atoms with Crippen LogP contribution in [0.2, 0.25) is 0 Å². The topological polar surface area (TPSA) is 24.4 Å². The zero-order valence-corrected chi connectivity index (χ0v) is 14.8. The summed E-state index contributed by atoms with van der Waals surface area (Å²) in [7, 11) is 0. The molecule has 2 heteroatoms. The van der Waals surface area contributed by atoms with Gasteiger partial charge in [-0.2, -0.15) is 0 Å². The number of hydrogen-bond acceptors (Lipinski definition) is 2. The van der Waals surface area contributed by atoms with Crippen molar-refractivity contribution in [2.24, 2.45) is 4.99 Å². The molecule has 2 nitrogen and oxygen atoms in total. The Morgan fingerprint density at radius 2 is 1.46 bits per heavy atom. The van der Waals surface area contributed by atoms with E-state index in [0.717, 1.165) is 18.8 Å². The van der Waals surface area contributed by atoms with E-state index in [1.807, 2.05) is 0 Å². The number of nitrogens with zero attached hydrogens (tertiary/aromatic N) is 1. The van der Waals surface area contributed by atoms with Crippen LogP contribution in [0, 0.1) is 0 Å². The average Bonchev–Trinajstić information content (AvgIpc) is 2.89. The summed E-state index contributed by atoms with van der Waals surface area (Å²) in [4.78, 5) is 4.77. The smallest absolute Gasteiger partial charge is 0.0970 e. The number of nitrogens with one attached hydrogen (secondary N) is 1. The molecule has 1 atom stereocenters. The van der Waals surface area contributed by atoms with Crippen LogP contribution in [0.4, 0.5) is 0 Å². The lowest BCUT2D eigenvalue weighted by Crippen LogP contribution is -2.29. The third-order valence-corrected chi connectivity index (χ3v) is 4.75. The van der Waals surface area contributed by atoms with Crippen molar-refractivity contribution >= 4 is 5.84 Å². The van der Waals surface area contributed by atoms with E-state index >= 15 is 0 Å². The number of benzene rings is 2. The van der Waals surface area contributed by atoms with Crippen molar-refractivity contribution in [2.45, 2.75) is 51.5 Å². The maximum atomic E-state index is 4.77. The Balaban J connectivity index is 1.88. The highest BCUT2D eigenvalue weighted by molar-refractivity contribution is 5.83. The monoisotopic (exact) mass is 320 g/mol. The lowest BCUT2D eigenvalue weighted by Gasteiger charge is -2.22. The Hall–Kier alpha value is -2.09. The highest BCUT2D eigenvalue weighted by atomic mass is 15.0. The van der Waals surface area contributed by atoms with E-state index < -0.39 is 0 Å². The molecule has 0 spiro atoms. The first kappa shape index (κ1) is 16.8. The zero-order valence-electron chi connectivity index (χ0n) is 14.8.